The van der Waals surface area contributed by atoms with E-state index in [0.717, 1.165) is 42.3 Å². The van der Waals surface area contributed by atoms with Gasteiger partial charge in [0, 0.05) is 6.54 Å². The zero-order chi connectivity index (χ0) is 29.6. The highest BCUT2D eigenvalue weighted by Crippen LogP contribution is 2.29. The maximum Gasteiger partial charge on any atom is 0.293 e. The number of nitrogens with two attached hydrogens (primary N) is 1. The van der Waals surface area contributed by atoms with E-state index in [1.165, 1.54) is 17.3 Å². The van der Waals surface area contributed by atoms with E-state index in [1.54, 1.807) is 13.2 Å². The first kappa shape index (κ1) is 27.8. The molecule has 1 saturated heterocycles. The van der Waals surface area contributed by atoms with Crippen LogP contribution in [0.1, 0.15) is 46.6 Å². The van der Waals surface area contributed by atoms with Crippen molar-refractivity contribution in [2.45, 2.75) is 32.4 Å². The fraction of sp³-hybridized carbons (Fsp3) is 0.267. The fourth-order valence-electron chi connectivity index (χ4n) is 5.13. The molecule has 3 aromatic carbocycles. The van der Waals surface area contributed by atoms with E-state index in [2.05, 4.69) is 54.3 Å². The maximum atomic E-state index is 13.2. The number of likely N-dealkylation sites (tertiary alicyclic amines) is 1. The number of hydrogen-bond donors (Lipinski definition) is 2. The Morgan fingerprint density at radius 3 is 2.72 bits per heavy atom. The summed E-state index contributed by atoms with van der Waals surface area (Å²) >= 11 is 0. The molecule has 0 spiro atoms. The first-order chi connectivity index (χ1) is 21.1. The third kappa shape index (κ3) is 6.16. The van der Waals surface area contributed by atoms with E-state index in [4.69, 9.17) is 19.8 Å². The number of fused-ring (bicyclic) bond motifs is 1. The number of aromatic nitrogens is 5. The van der Waals surface area contributed by atoms with Crippen molar-refractivity contribution in [3.8, 4) is 17.3 Å². The van der Waals surface area contributed by atoms with Crippen LogP contribution in [0.15, 0.2) is 70.4 Å². The molecule has 1 aliphatic rings. The van der Waals surface area contributed by atoms with E-state index >= 15 is 0 Å². The lowest BCUT2D eigenvalue weighted by Crippen LogP contribution is -2.31. The van der Waals surface area contributed by atoms with E-state index in [1.807, 2.05) is 36.4 Å². The molecule has 0 unspecified atom stereocenters. The molecule has 6 rings (SSSR count). The van der Waals surface area contributed by atoms with Gasteiger partial charge in [0.25, 0.3) is 5.91 Å². The lowest BCUT2D eigenvalue weighted by atomic mass is 10.1. The highest BCUT2D eigenvalue weighted by atomic mass is 16.6. The summed E-state index contributed by atoms with van der Waals surface area (Å²) in [6.07, 6.45) is 4.86. The van der Waals surface area contributed by atoms with Gasteiger partial charge >= 0.3 is 0 Å². The maximum absolute atomic E-state index is 13.2. The van der Waals surface area contributed by atoms with E-state index in [-0.39, 0.29) is 17.3 Å². The van der Waals surface area contributed by atoms with Gasteiger partial charge in [0.05, 0.1) is 19.0 Å². The van der Waals surface area contributed by atoms with Gasteiger partial charge in [0.2, 0.25) is 11.6 Å². The minimum absolute atomic E-state index is 0.0493. The molecular formula is C30H31N9O4. The second kappa shape index (κ2) is 12.7. The van der Waals surface area contributed by atoms with E-state index in [9.17, 15) is 4.79 Å². The number of carbonyl (C=O) groups excluding carboxylic acids is 1. The topological polar surface area (TPSA) is 159 Å². The first-order valence-electron chi connectivity index (χ1n) is 14.0. The molecule has 13 heteroatoms. The Morgan fingerprint density at radius 2 is 1.91 bits per heavy atom. The molecule has 0 aliphatic carbocycles. The number of methoxy groups -OCH3 is 1. The van der Waals surface area contributed by atoms with Gasteiger partial charge in [0.15, 0.2) is 17.2 Å². The van der Waals surface area contributed by atoms with Crippen molar-refractivity contribution >= 4 is 28.7 Å². The van der Waals surface area contributed by atoms with Gasteiger partial charge in [-0.2, -0.15) is 9.78 Å². The number of anilines is 1. The SMILES string of the molecule is COc1cc(/C=N/NC(=O)c2nnn(-c3nonc3N)c2CN2CCCCC2)ccc1OCc1cccc2ccccc12. The predicted molar refractivity (Wildman–Crippen MR) is 159 cm³/mol. The van der Waals surface area contributed by atoms with Crippen molar-refractivity contribution in [3.05, 3.63) is 83.2 Å². The summed E-state index contributed by atoms with van der Waals surface area (Å²) in [5.41, 5.74) is 10.9. The number of benzene rings is 3. The Morgan fingerprint density at radius 1 is 1.07 bits per heavy atom. The van der Waals surface area contributed by atoms with Gasteiger partial charge in [-0.15, -0.1) is 5.10 Å². The van der Waals surface area contributed by atoms with Gasteiger partial charge in [0.1, 0.15) is 6.61 Å². The van der Waals surface area contributed by atoms with Crippen LogP contribution in [0.2, 0.25) is 0 Å². The third-order valence-corrected chi connectivity index (χ3v) is 7.33. The number of nitrogens with one attached hydrogen (secondary N) is 1. The number of hydrogen-bond acceptors (Lipinski definition) is 11. The molecule has 0 radical (unpaired) electrons. The van der Waals surface area contributed by atoms with E-state index < -0.39 is 5.91 Å². The van der Waals surface area contributed by atoms with Gasteiger partial charge in [-0.3, -0.25) is 9.69 Å². The molecule has 43 heavy (non-hydrogen) atoms. The molecule has 0 saturated carbocycles. The molecule has 1 fully saturated rings. The van der Waals surface area contributed by atoms with Crippen molar-refractivity contribution in [1.82, 2.24) is 35.6 Å². The standard InChI is InChI=1S/C30H31N9O4/c1-41-26-16-20(12-13-25(26)42-19-22-10-7-9-21-8-3-4-11-23(21)22)17-32-34-30(40)27-24(18-38-14-5-2-6-15-38)39(37-33-27)29-28(31)35-43-36-29/h3-4,7-13,16-17H,2,5-6,14-15,18-19H2,1H3,(H2,31,35)(H,34,40)/b32-17+. The Hall–Kier alpha value is -5.30. The Bertz CT molecular complexity index is 1750. The van der Waals surface area contributed by atoms with Crippen LogP contribution in [0.4, 0.5) is 5.82 Å². The largest absolute Gasteiger partial charge is 0.493 e. The molecule has 2 aromatic heterocycles. The Balaban J connectivity index is 1.15. The lowest BCUT2D eigenvalue weighted by Gasteiger charge is -2.26. The zero-order valence-electron chi connectivity index (χ0n) is 23.6. The molecule has 0 atom stereocenters. The van der Waals surface area contributed by atoms with Crippen LogP contribution < -0.4 is 20.6 Å². The van der Waals surface area contributed by atoms with Crippen molar-refractivity contribution in [2.75, 3.05) is 25.9 Å². The molecule has 1 amide bonds. The van der Waals surface area contributed by atoms with Crippen LogP contribution >= 0.6 is 0 Å². The second-order valence-corrected chi connectivity index (χ2v) is 10.1. The average molecular weight is 582 g/mol. The zero-order valence-corrected chi connectivity index (χ0v) is 23.6. The normalized spacial score (nSPS) is 13.9. The molecule has 5 aromatic rings. The summed E-state index contributed by atoms with van der Waals surface area (Å²) < 4.78 is 17.8. The number of hydrazone groups is 1. The third-order valence-electron chi connectivity index (χ3n) is 7.33. The molecule has 1 aliphatic heterocycles. The van der Waals surface area contributed by atoms with Crippen LogP contribution in [0.3, 0.4) is 0 Å². The Labute approximate surface area is 247 Å². The highest BCUT2D eigenvalue weighted by molar-refractivity contribution is 5.94. The highest BCUT2D eigenvalue weighted by Gasteiger charge is 2.26. The summed E-state index contributed by atoms with van der Waals surface area (Å²) in [7, 11) is 1.58. The van der Waals surface area contributed by atoms with E-state index in [0.29, 0.717) is 35.9 Å². The number of rotatable bonds is 10. The number of carbonyl (C=O) groups is 1. The van der Waals surface area contributed by atoms with Crippen LogP contribution in [-0.2, 0) is 13.2 Å². The van der Waals surface area contributed by atoms with Crippen LogP contribution in [-0.4, -0.2) is 62.5 Å². The van der Waals surface area contributed by atoms with Gasteiger partial charge < -0.3 is 15.2 Å². The smallest absolute Gasteiger partial charge is 0.293 e. The van der Waals surface area contributed by atoms with Gasteiger partial charge in [-0.05, 0) is 76.3 Å². The summed E-state index contributed by atoms with van der Waals surface area (Å²) in [5, 5.41) is 22.1. The first-order valence-corrected chi connectivity index (χ1v) is 14.0. The average Bonchev–Trinajstić information content (AvgIpc) is 3.66. The second-order valence-electron chi connectivity index (χ2n) is 10.1. The number of nitrogen functional groups attached to an aromatic ring is 1. The number of ether oxygens (including phenoxy) is 2. The van der Waals surface area contributed by atoms with Gasteiger partial charge in [-0.25, -0.2) is 10.1 Å². The lowest BCUT2D eigenvalue weighted by molar-refractivity contribution is 0.0947. The number of amides is 1. The summed E-state index contributed by atoms with van der Waals surface area (Å²) in [5.74, 6) is 0.843. The van der Waals surface area contributed by atoms with Crippen molar-refractivity contribution in [1.29, 1.82) is 0 Å². The summed E-state index contributed by atoms with van der Waals surface area (Å²) in [6.45, 7) is 2.63. The predicted octanol–water partition coefficient (Wildman–Crippen LogP) is 3.72. The molecule has 13 nitrogen and oxygen atoms in total. The van der Waals surface area contributed by atoms with Crippen molar-refractivity contribution in [3.63, 3.8) is 0 Å². The molecule has 220 valence electrons. The number of piperidine rings is 1. The number of nitrogens with zero attached hydrogens (tertiary/aromatic N) is 7. The Kier molecular flexibility index (Phi) is 8.22. The van der Waals surface area contributed by atoms with Crippen LogP contribution in [0.5, 0.6) is 11.5 Å². The molecule has 3 N–H and O–H groups in total. The van der Waals surface area contributed by atoms with Crippen molar-refractivity contribution in [2.24, 2.45) is 5.10 Å². The van der Waals surface area contributed by atoms with Crippen LogP contribution in [0.25, 0.3) is 16.6 Å². The van der Waals surface area contributed by atoms with Crippen molar-refractivity contribution < 1.29 is 18.9 Å². The minimum atomic E-state index is -0.522. The quantitative estimate of drug-likeness (QED) is 0.184. The molecular weight excluding hydrogens is 550 g/mol. The minimum Gasteiger partial charge on any atom is -0.493 e. The summed E-state index contributed by atoms with van der Waals surface area (Å²) in [4.78, 5) is 15.4. The monoisotopic (exact) mass is 581 g/mol. The fourth-order valence-corrected chi connectivity index (χ4v) is 5.13. The molecule has 0 bridgehead atoms. The van der Waals surface area contributed by atoms with Crippen LogP contribution in [0, 0.1) is 0 Å². The molecule has 3 heterocycles. The summed E-state index contributed by atoms with van der Waals surface area (Å²) in [6, 6.07) is 19.8. The van der Waals surface area contributed by atoms with Gasteiger partial charge in [-0.1, -0.05) is 54.1 Å².